The lowest BCUT2D eigenvalue weighted by atomic mass is 10.0. The molecule has 0 unspecified atom stereocenters. The molecule has 0 radical (unpaired) electrons. The largest absolute Gasteiger partial charge is 0.488 e. The van der Waals surface area contributed by atoms with Gasteiger partial charge in [-0.2, -0.15) is 0 Å². The molecule has 0 aromatic heterocycles. The summed E-state index contributed by atoms with van der Waals surface area (Å²) in [5, 5.41) is 6.79. The van der Waals surface area contributed by atoms with Crippen LogP contribution in [0.2, 0.25) is 5.02 Å². The third-order valence-electron chi connectivity index (χ3n) is 5.14. The summed E-state index contributed by atoms with van der Waals surface area (Å²) in [4.78, 5) is 2.42. The van der Waals surface area contributed by atoms with Crippen molar-refractivity contribution >= 4 is 47.2 Å². The summed E-state index contributed by atoms with van der Waals surface area (Å²) in [5.74, 6) is 0.911. The average Bonchev–Trinajstić information content (AvgIpc) is 2.73. The predicted octanol–water partition coefficient (Wildman–Crippen LogP) is 6.35. The van der Waals surface area contributed by atoms with E-state index in [9.17, 15) is 0 Å². The summed E-state index contributed by atoms with van der Waals surface area (Å²) in [6.07, 6.45) is 0. The second-order valence-electron chi connectivity index (χ2n) is 6.85. The van der Waals surface area contributed by atoms with E-state index in [2.05, 4.69) is 60.5 Å². The van der Waals surface area contributed by atoms with E-state index in [-0.39, 0.29) is 24.8 Å². The van der Waals surface area contributed by atoms with E-state index in [4.69, 9.17) is 16.3 Å². The summed E-state index contributed by atoms with van der Waals surface area (Å²) in [5.41, 5.74) is 2.20. The van der Waals surface area contributed by atoms with Crippen LogP contribution in [0.4, 0.5) is 0 Å². The summed E-state index contributed by atoms with van der Waals surface area (Å²) in [6.45, 7) is 9.81. The molecule has 3 aromatic carbocycles. The molecule has 3 aromatic rings. The molecule has 0 aliphatic rings. The first kappa shape index (κ1) is 26.5. The molecular formula is C24H31Cl3N2O. The van der Waals surface area contributed by atoms with Crippen molar-refractivity contribution in [3.05, 3.63) is 76.8 Å². The Bertz CT molecular complexity index is 901. The van der Waals surface area contributed by atoms with Gasteiger partial charge in [-0.3, -0.25) is 0 Å². The minimum atomic E-state index is 0. The standard InChI is InChI=1S/C24H29ClN2O.2ClH/c1-3-27(4-2)16-15-26-17-22-21-11-7-5-9-19(21)13-14-24(22)28-18-20-10-6-8-12-23(20)25;;/h5-14,26H,3-4,15-18H2,1-2H3;2*1H. The fourth-order valence-corrected chi connectivity index (χ4v) is 3.59. The number of nitrogens with zero attached hydrogens (tertiary/aromatic N) is 1. The normalized spacial score (nSPS) is 10.5. The maximum atomic E-state index is 6.29. The second kappa shape index (κ2) is 13.7. The summed E-state index contributed by atoms with van der Waals surface area (Å²) >= 11 is 6.29. The van der Waals surface area contributed by atoms with Crippen molar-refractivity contribution < 1.29 is 4.74 Å². The van der Waals surface area contributed by atoms with Crippen molar-refractivity contribution in [3.8, 4) is 5.75 Å². The van der Waals surface area contributed by atoms with Gasteiger partial charge in [-0.1, -0.05) is 74.0 Å². The molecule has 164 valence electrons. The first-order chi connectivity index (χ1) is 13.7. The fourth-order valence-electron chi connectivity index (χ4n) is 3.39. The maximum Gasteiger partial charge on any atom is 0.124 e. The van der Waals surface area contributed by atoms with E-state index in [1.165, 1.54) is 16.3 Å². The lowest BCUT2D eigenvalue weighted by molar-refractivity contribution is 0.296. The van der Waals surface area contributed by atoms with Crippen molar-refractivity contribution in [2.75, 3.05) is 26.2 Å². The molecule has 1 N–H and O–H groups in total. The molecule has 0 saturated carbocycles. The third-order valence-corrected chi connectivity index (χ3v) is 5.51. The van der Waals surface area contributed by atoms with Crippen LogP contribution in [0.1, 0.15) is 25.0 Å². The first-order valence-electron chi connectivity index (χ1n) is 10.0. The number of hydrogen-bond acceptors (Lipinski definition) is 3. The van der Waals surface area contributed by atoms with Crippen molar-refractivity contribution in [1.29, 1.82) is 0 Å². The number of benzene rings is 3. The summed E-state index contributed by atoms with van der Waals surface area (Å²) in [7, 11) is 0. The highest BCUT2D eigenvalue weighted by Crippen LogP contribution is 2.29. The van der Waals surface area contributed by atoms with Crippen LogP contribution >= 0.6 is 36.4 Å². The van der Waals surface area contributed by atoms with E-state index in [0.29, 0.717) is 6.61 Å². The van der Waals surface area contributed by atoms with Crippen molar-refractivity contribution in [2.24, 2.45) is 0 Å². The zero-order chi connectivity index (χ0) is 19.8. The summed E-state index contributed by atoms with van der Waals surface area (Å²) < 4.78 is 6.20. The highest BCUT2D eigenvalue weighted by Gasteiger charge is 2.10. The van der Waals surface area contributed by atoms with Crippen molar-refractivity contribution in [3.63, 3.8) is 0 Å². The van der Waals surface area contributed by atoms with Gasteiger partial charge in [-0.15, -0.1) is 24.8 Å². The fraction of sp³-hybridized carbons (Fsp3) is 0.333. The molecule has 0 fully saturated rings. The Kier molecular flexibility index (Phi) is 12.2. The molecule has 0 bridgehead atoms. The van der Waals surface area contributed by atoms with E-state index in [1.807, 2.05) is 24.3 Å². The first-order valence-corrected chi connectivity index (χ1v) is 10.4. The highest BCUT2D eigenvalue weighted by molar-refractivity contribution is 6.31. The van der Waals surface area contributed by atoms with Gasteiger partial charge in [0.05, 0.1) is 0 Å². The Labute approximate surface area is 197 Å². The van der Waals surface area contributed by atoms with Crippen LogP contribution in [0.5, 0.6) is 5.75 Å². The Hall–Kier alpha value is -1.49. The average molecular weight is 470 g/mol. The zero-order valence-corrected chi connectivity index (χ0v) is 20.0. The van der Waals surface area contributed by atoms with Gasteiger partial charge in [-0.05, 0) is 36.0 Å². The van der Waals surface area contributed by atoms with Crippen LogP contribution in [-0.2, 0) is 13.2 Å². The molecule has 0 aliphatic carbocycles. The van der Waals surface area contributed by atoms with Gasteiger partial charge in [0.1, 0.15) is 12.4 Å². The van der Waals surface area contributed by atoms with Gasteiger partial charge in [-0.25, -0.2) is 0 Å². The molecule has 0 aliphatic heterocycles. The van der Waals surface area contributed by atoms with Gasteiger partial charge < -0.3 is 15.0 Å². The molecule has 0 atom stereocenters. The topological polar surface area (TPSA) is 24.5 Å². The quantitative estimate of drug-likeness (QED) is 0.350. The smallest absolute Gasteiger partial charge is 0.124 e. The number of nitrogens with one attached hydrogen (secondary N) is 1. The van der Waals surface area contributed by atoms with E-state index in [1.54, 1.807) is 0 Å². The molecular weight excluding hydrogens is 439 g/mol. The number of likely N-dealkylation sites (N-methyl/N-ethyl adjacent to an activating group) is 1. The number of ether oxygens (including phenoxy) is 1. The highest BCUT2D eigenvalue weighted by atomic mass is 35.5. The number of rotatable bonds is 10. The minimum Gasteiger partial charge on any atom is -0.488 e. The maximum absolute atomic E-state index is 6.29. The molecule has 3 nitrogen and oxygen atoms in total. The zero-order valence-electron chi connectivity index (χ0n) is 17.6. The van der Waals surface area contributed by atoms with Crippen LogP contribution in [-0.4, -0.2) is 31.1 Å². The van der Waals surface area contributed by atoms with Crippen LogP contribution < -0.4 is 10.1 Å². The van der Waals surface area contributed by atoms with Gasteiger partial charge in [0.2, 0.25) is 0 Å². The van der Waals surface area contributed by atoms with Crippen molar-refractivity contribution in [2.45, 2.75) is 27.0 Å². The van der Waals surface area contributed by atoms with E-state index < -0.39 is 0 Å². The Morgan fingerprint density at radius 1 is 0.900 bits per heavy atom. The van der Waals surface area contributed by atoms with Crippen molar-refractivity contribution in [1.82, 2.24) is 10.2 Å². The van der Waals surface area contributed by atoms with Gasteiger partial charge >= 0.3 is 0 Å². The Morgan fingerprint density at radius 3 is 2.33 bits per heavy atom. The lowest BCUT2D eigenvalue weighted by Gasteiger charge is -2.19. The molecule has 3 rings (SSSR count). The number of hydrogen-bond donors (Lipinski definition) is 1. The van der Waals surface area contributed by atoms with E-state index >= 15 is 0 Å². The molecule has 0 heterocycles. The predicted molar refractivity (Wildman–Crippen MR) is 134 cm³/mol. The van der Waals surface area contributed by atoms with Crippen LogP contribution in [0.3, 0.4) is 0 Å². The number of fused-ring (bicyclic) bond motifs is 1. The summed E-state index contributed by atoms with van der Waals surface area (Å²) in [6, 6.07) is 20.5. The molecule has 0 spiro atoms. The second-order valence-corrected chi connectivity index (χ2v) is 7.25. The van der Waals surface area contributed by atoms with Gasteiger partial charge in [0.15, 0.2) is 0 Å². The SMILES string of the molecule is CCN(CC)CCNCc1c(OCc2ccccc2Cl)ccc2ccccc12.Cl.Cl. The van der Waals surface area contributed by atoms with E-state index in [0.717, 1.165) is 49.1 Å². The Balaban J connectivity index is 0.00000225. The Morgan fingerprint density at radius 2 is 1.60 bits per heavy atom. The minimum absolute atomic E-state index is 0. The molecule has 0 amide bonds. The lowest BCUT2D eigenvalue weighted by Crippen LogP contribution is -2.31. The molecule has 0 saturated heterocycles. The van der Waals surface area contributed by atoms with Crippen LogP contribution in [0.25, 0.3) is 10.8 Å². The van der Waals surface area contributed by atoms with Crippen LogP contribution in [0, 0.1) is 0 Å². The van der Waals surface area contributed by atoms with Crippen LogP contribution in [0.15, 0.2) is 60.7 Å². The molecule has 30 heavy (non-hydrogen) atoms. The van der Waals surface area contributed by atoms with Gasteiger partial charge in [0.25, 0.3) is 0 Å². The van der Waals surface area contributed by atoms with Gasteiger partial charge in [0, 0.05) is 35.8 Å². The third kappa shape index (κ3) is 7.04. The number of halogens is 3. The monoisotopic (exact) mass is 468 g/mol. The molecule has 6 heteroatoms.